The van der Waals surface area contributed by atoms with Gasteiger partial charge in [-0.05, 0) is 62.4 Å². The molecule has 2 aromatic carbocycles. The number of nitrogens with zero attached hydrogens (tertiary/aromatic N) is 1. The van der Waals surface area contributed by atoms with Gasteiger partial charge in [0.1, 0.15) is 5.75 Å². The molecule has 1 saturated heterocycles. The molecule has 0 N–H and O–H groups in total. The third kappa shape index (κ3) is 5.14. The Morgan fingerprint density at radius 2 is 1.66 bits per heavy atom. The maximum Gasteiger partial charge on any atom is 0.338 e. The zero-order valence-corrected chi connectivity index (χ0v) is 18.2. The summed E-state index contributed by atoms with van der Waals surface area (Å²) in [7, 11) is 1.53. The van der Waals surface area contributed by atoms with Crippen molar-refractivity contribution in [2.24, 2.45) is 5.92 Å². The second-order valence-electron chi connectivity index (χ2n) is 7.34. The SMILES string of the molecule is CCOC(=O)c1ccc(N2C[C@@H](C(=O)O[C@@H](C)C(=O)c3ccc(OC)cc3)CC2=O)cc1. The number of anilines is 1. The standard InChI is InChI=1S/C24H25NO7/c1-4-31-23(28)17-5-9-19(10-6-17)25-14-18(13-21(25)26)24(29)32-15(2)22(27)16-7-11-20(30-3)12-8-16/h5-12,15,18H,4,13-14H2,1-3H3/t15-,18-/m0/s1. The zero-order chi connectivity index (χ0) is 23.3. The van der Waals surface area contributed by atoms with E-state index in [0.29, 0.717) is 22.6 Å². The van der Waals surface area contributed by atoms with E-state index in [2.05, 4.69) is 0 Å². The largest absolute Gasteiger partial charge is 0.497 e. The topological polar surface area (TPSA) is 99.2 Å². The second-order valence-corrected chi connectivity index (χ2v) is 7.34. The normalized spacial score (nSPS) is 16.4. The molecule has 2 atom stereocenters. The highest BCUT2D eigenvalue weighted by atomic mass is 16.5. The van der Waals surface area contributed by atoms with Crippen molar-refractivity contribution in [3.63, 3.8) is 0 Å². The molecule has 32 heavy (non-hydrogen) atoms. The molecule has 0 radical (unpaired) electrons. The van der Waals surface area contributed by atoms with Gasteiger partial charge in [-0.15, -0.1) is 0 Å². The predicted octanol–water partition coefficient (Wildman–Crippen LogP) is 3.04. The first-order chi connectivity index (χ1) is 15.3. The molecular formula is C24H25NO7. The van der Waals surface area contributed by atoms with Crippen molar-refractivity contribution in [1.29, 1.82) is 0 Å². The minimum absolute atomic E-state index is 0.0120. The first kappa shape index (κ1) is 23.0. The van der Waals surface area contributed by atoms with Crippen LogP contribution >= 0.6 is 0 Å². The predicted molar refractivity (Wildman–Crippen MR) is 116 cm³/mol. The van der Waals surface area contributed by atoms with Crippen LogP contribution in [0.15, 0.2) is 48.5 Å². The Labute approximate surface area is 186 Å². The van der Waals surface area contributed by atoms with Gasteiger partial charge in [0.25, 0.3) is 0 Å². The van der Waals surface area contributed by atoms with Gasteiger partial charge in [-0.3, -0.25) is 14.4 Å². The number of hydrogen-bond donors (Lipinski definition) is 0. The van der Waals surface area contributed by atoms with Gasteiger partial charge in [0.2, 0.25) is 11.7 Å². The molecule has 0 unspecified atom stereocenters. The number of carbonyl (C=O) groups excluding carboxylic acids is 4. The molecule has 3 rings (SSSR count). The van der Waals surface area contributed by atoms with Crippen LogP contribution in [0, 0.1) is 5.92 Å². The molecule has 1 heterocycles. The molecule has 1 aliphatic heterocycles. The lowest BCUT2D eigenvalue weighted by atomic mass is 10.1. The van der Waals surface area contributed by atoms with Crippen molar-refractivity contribution in [1.82, 2.24) is 0 Å². The van der Waals surface area contributed by atoms with Crippen LogP contribution < -0.4 is 9.64 Å². The molecule has 0 aliphatic carbocycles. The molecule has 0 saturated carbocycles. The molecule has 168 valence electrons. The van der Waals surface area contributed by atoms with E-state index < -0.39 is 24.0 Å². The van der Waals surface area contributed by atoms with Gasteiger partial charge in [0, 0.05) is 24.2 Å². The fourth-order valence-corrected chi connectivity index (χ4v) is 3.42. The van der Waals surface area contributed by atoms with Crippen LogP contribution in [0.4, 0.5) is 5.69 Å². The van der Waals surface area contributed by atoms with E-state index in [1.807, 2.05) is 0 Å². The minimum Gasteiger partial charge on any atom is -0.497 e. The first-order valence-electron chi connectivity index (χ1n) is 10.3. The molecule has 8 heteroatoms. The average molecular weight is 439 g/mol. The fraction of sp³-hybridized carbons (Fsp3) is 0.333. The van der Waals surface area contributed by atoms with E-state index in [1.165, 1.54) is 18.9 Å². The lowest BCUT2D eigenvalue weighted by Gasteiger charge is -2.18. The number of ketones is 1. The molecule has 1 fully saturated rings. The molecule has 2 aromatic rings. The van der Waals surface area contributed by atoms with Gasteiger partial charge in [-0.1, -0.05) is 0 Å². The van der Waals surface area contributed by atoms with Gasteiger partial charge in [-0.2, -0.15) is 0 Å². The van der Waals surface area contributed by atoms with E-state index in [0.717, 1.165) is 0 Å². The number of hydrogen-bond acceptors (Lipinski definition) is 7. The van der Waals surface area contributed by atoms with E-state index in [1.54, 1.807) is 55.5 Å². The van der Waals surface area contributed by atoms with Crippen LogP contribution in [-0.2, 0) is 19.1 Å². The van der Waals surface area contributed by atoms with Gasteiger partial charge in [-0.25, -0.2) is 4.79 Å². The molecule has 0 aromatic heterocycles. The summed E-state index contributed by atoms with van der Waals surface area (Å²) >= 11 is 0. The Balaban J connectivity index is 1.60. The molecule has 1 aliphatic rings. The minimum atomic E-state index is -0.982. The first-order valence-corrected chi connectivity index (χ1v) is 10.3. The van der Waals surface area contributed by atoms with Crippen molar-refractivity contribution in [3.8, 4) is 5.75 Å². The smallest absolute Gasteiger partial charge is 0.338 e. The number of carbonyl (C=O) groups is 4. The van der Waals surface area contributed by atoms with Crippen molar-refractivity contribution >= 4 is 29.3 Å². The lowest BCUT2D eigenvalue weighted by molar-refractivity contribution is -0.151. The van der Waals surface area contributed by atoms with Gasteiger partial charge in [0.15, 0.2) is 6.10 Å². The molecular weight excluding hydrogens is 414 g/mol. The van der Waals surface area contributed by atoms with Gasteiger partial charge >= 0.3 is 11.9 Å². The Kier molecular flexibility index (Phi) is 7.25. The number of esters is 2. The highest BCUT2D eigenvalue weighted by Crippen LogP contribution is 2.27. The monoisotopic (exact) mass is 439 g/mol. The quantitative estimate of drug-likeness (QED) is 0.460. The number of Topliss-reactive ketones (excluding diaryl/α,β-unsaturated/α-hetero) is 1. The van der Waals surface area contributed by atoms with E-state index in [9.17, 15) is 19.2 Å². The summed E-state index contributed by atoms with van der Waals surface area (Å²) < 4.78 is 15.4. The van der Waals surface area contributed by atoms with Crippen LogP contribution in [0.5, 0.6) is 5.75 Å². The van der Waals surface area contributed by atoms with E-state index in [4.69, 9.17) is 14.2 Å². The van der Waals surface area contributed by atoms with E-state index in [-0.39, 0.29) is 31.3 Å². The van der Waals surface area contributed by atoms with Gasteiger partial charge in [0.05, 0.1) is 25.2 Å². The summed E-state index contributed by atoms with van der Waals surface area (Å²) in [6.07, 6.45) is -0.994. The Morgan fingerprint density at radius 1 is 1.03 bits per heavy atom. The zero-order valence-electron chi connectivity index (χ0n) is 18.2. The molecule has 8 nitrogen and oxygen atoms in total. The third-order valence-corrected chi connectivity index (χ3v) is 5.19. The highest BCUT2D eigenvalue weighted by Gasteiger charge is 2.37. The second kappa shape index (κ2) is 10.1. The lowest BCUT2D eigenvalue weighted by Crippen LogP contribution is -2.30. The molecule has 0 bridgehead atoms. The van der Waals surface area contributed by atoms with Crippen molar-refractivity contribution in [3.05, 3.63) is 59.7 Å². The molecule has 1 amide bonds. The Hall–Kier alpha value is -3.68. The number of amides is 1. The summed E-state index contributed by atoms with van der Waals surface area (Å²) in [5.41, 5.74) is 1.35. The number of rotatable bonds is 8. The summed E-state index contributed by atoms with van der Waals surface area (Å²) in [5, 5.41) is 0. The molecule has 0 spiro atoms. The van der Waals surface area contributed by atoms with Crippen molar-refractivity contribution < 1.29 is 33.4 Å². The van der Waals surface area contributed by atoms with Crippen molar-refractivity contribution in [2.75, 3.05) is 25.2 Å². The maximum absolute atomic E-state index is 12.6. The number of benzene rings is 2. The number of methoxy groups -OCH3 is 1. The highest BCUT2D eigenvalue weighted by molar-refractivity contribution is 6.02. The third-order valence-electron chi connectivity index (χ3n) is 5.19. The van der Waals surface area contributed by atoms with Crippen molar-refractivity contribution in [2.45, 2.75) is 26.4 Å². The summed E-state index contributed by atoms with van der Waals surface area (Å²) in [6.45, 7) is 3.64. The Bertz CT molecular complexity index is 998. The fourth-order valence-electron chi connectivity index (χ4n) is 3.42. The van der Waals surface area contributed by atoms with Crippen LogP contribution in [0.1, 0.15) is 41.0 Å². The van der Waals surface area contributed by atoms with Gasteiger partial charge < -0.3 is 19.1 Å². The average Bonchev–Trinajstić information content (AvgIpc) is 3.20. The Morgan fingerprint density at radius 3 is 2.25 bits per heavy atom. The summed E-state index contributed by atoms with van der Waals surface area (Å²) in [4.78, 5) is 50.8. The van der Waals surface area contributed by atoms with Crippen LogP contribution in [0.2, 0.25) is 0 Å². The van der Waals surface area contributed by atoms with Crippen LogP contribution in [0.25, 0.3) is 0 Å². The summed E-state index contributed by atoms with van der Waals surface area (Å²) in [5.74, 6) is -1.67. The number of ether oxygens (including phenoxy) is 3. The van der Waals surface area contributed by atoms with Crippen LogP contribution in [-0.4, -0.2) is 50.0 Å². The summed E-state index contributed by atoms with van der Waals surface area (Å²) in [6, 6.07) is 12.9. The van der Waals surface area contributed by atoms with E-state index >= 15 is 0 Å². The van der Waals surface area contributed by atoms with Crippen LogP contribution in [0.3, 0.4) is 0 Å². The maximum atomic E-state index is 12.6.